The molecule has 0 atom stereocenters. The van der Waals surface area contributed by atoms with Gasteiger partial charge in [0.2, 0.25) is 0 Å². The number of nitrogen functional groups attached to an aromatic ring is 1. The van der Waals surface area contributed by atoms with Crippen molar-refractivity contribution in [2.45, 2.75) is 19.9 Å². The number of halogens is 2. The first-order chi connectivity index (χ1) is 11.3. The van der Waals surface area contributed by atoms with Gasteiger partial charge in [0, 0.05) is 17.4 Å². The summed E-state index contributed by atoms with van der Waals surface area (Å²) >= 11 is 13.4. The fourth-order valence-electron chi connectivity index (χ4n) is 2.35. The van der Waals surface area contributed by atoms with E-state index < -0.39 is 5.56 Å². The van der Waals surface area contributed by atoms with Crippen molar-refractivity contribution in [1.82, 2.24) is 9.36 Å². The van der Waals surface area contributed by atoms with E-state index in [0.29, 0.717) is 21.4 Å². The number of nitrogens with zero attached hydrogens (tertiary/aromatic N) is 2. The zero-order valence-electron chi connectivity index (χ0n) is 13.3. The Morgan fingerprint density at radius 1 is 1.33 bits per heavy atom. The van der Waals surface area contributed by atoms with Gasteiger partial charge in [0.1, 0.15) is 5.82 Å². The molecule has 0 aliphatic carbocycles. The molecule has 0 unspecified atom stereocenters. The Balaban J connectivity index is 2.78. The smallest absolute Gasteiger partial charge is 0.306 e. The molecule has 0 aliphatic heterocycles. The predicted octanol–water partition coefficient (Wildman–Crippen LogP) is 4.67. The van der Waals surface area contributed by atoms with Crippen molar-refractivity contribution in [3.05, 3.63) is 51.3 Å². The van der Waals surface area contributed by atoms with E-state index >= 15 is 0 Å². The fourth-order valence-corrected chi connectivity index (χ4v) is 3.51. The Morgan fingerprint density at radius 2 is 1.92 bits per heavy atom. The van der Waals surface area contributed by atoms with Crippen LogP contribution in [-0.4, -0.2) is 20.4 Å². The number of nitrogens with two attached hydrogens (primary N) is 1. The molecule has 2 rings (SSSR count). The van der Waals surface area contributed by atoms with Crippen molar-refractivity contribution in [1.29, 1.82) is 0 Å². The lowest BCUT2D eigenvalue weighted by atomic mass is 10.1. The standard InChI is InChI=1S/C16H17Cl2N3O2S/c1-4-8-24-16(23)21-14(19)13(15(22)20(21)9(2)3)12-10(17)6-5-7-11(12)18/h4-7,9H,1,8,19H2,2-3H3. The summed E-state index contributed by atoms with van der Waals surface area (Å²) in [4.78, 5) is 25.4. The summed E-state index contributed by atoms with van der Waals surface area (Å²) in [5.41, 5.74) is 6.20. The van der Waals surface area contributed by atoms with Crippen LogP contribution in [0.3, 0.4) is 0 Å². The third-order valence-corrected chi connectivity index (χ3v) is 4.77. The lowest BCUT2D eigenvalue weighted by molar-refractivity contribution is 0.254. The van der Waals surface area contributed by atoms with Gasteiger partial charge in [-0.2, -0.15) is 4.68 Å². The zero-order chi connectivity index (χ0) is 18.0. The maximum Gasteiger partial charge on any atom is 0.306 e. The summed E-state index contributed by atoms with van der Waals surface area (Å²) in [6.07, 6.45) is 1.60. The van der Waals surface area contributed by atoms with Crippen LogP contribution in [0.4, 0.5) is 10.6 Å². The molecule has 0 fully saturated rings. The Hall–Kier alpha value is -1.63. The lowest BCUT2D eigenvalue weighted by Crippen LogP contribution is -2.28. The number of benzene rings is 1. The van der Waals surface area contributed by atoms with Crippen LogP contribution in [-0.2, 0) is 0 Å². The molecule has 0 radical (unpaired) electrons. The minimum atomic E-state index is -0.412. The van der Waals surface area contributed by atoms with Crippen LogP contribution >= 0.6 is 35.0 Å². The number of carbonyl (C=O) groups excluding carboxylic acids is 1. The van der Waals surface area contributed by atoms with Gasteiger partial charge in [-0.25, -0.2) is 4.68 Å². The van der Waals surface area contributed by atoms with Crippen molar-refractivity contribution in [3.63, 3.8) is 0 Å². The third kappa shape index (κ3) is 3.27. The molecular weight excluding hydrogens is 369 g/mol. The van der Waals surface area contributed by atoms with Crippen molar-refractivity contribution in [2.24, 2.45) is 0 Å². The van der Waals surface area contributed by atoms with E-state index in [1.807, 2.05) is 0 Å². The quantitative estimate of drug-likeness (QED) is 0.775. The monoisotopic (exact) mass is 385 g/mol. The van der Waals surface area contributed by atoms with E-state index in [1.54, 1.807) is 38.1 Å². The average Bonchev–Trinajstić information content (AvgIpc) is 2.77. The van der Waals surface area contributed by atoms with Crippen molar-refractivity contribution in [2.75, 3.05) is 11.5 Å². The SMILES string of the molecule is C=CCSC(=O)n1c(N)c(-c2c(Cl)cccc2Cl)c(=O)n1C(C)C. The maximum absolute atomic E-state index is 12.9. The van der Waals surface area contributed by atoms with Crippen LogP contribution in [0.1, 0.15) is 19.9 Å². The molecule has 0 bridgehead atoms. The van der Waals surface area contributed by atoms with Crippen molar-refractivity contribution < 1.29 is 4.79 Å². The topological polar surface area (TPSA) is 70.0 Å². The number of anilines is 1. The van der Waals surface area contributed by atoms with Crippen molar-refractivity contribution in [3.8, 4) is 11.1 Å². The third-order valence-electron chi connectivity index (χ3n) is 3.32. The second-order valence-electron chi connectivity index (χ2n) is 5.28. The van der Waals surface area contributed by atoms with E-state index in [4.69, 9.17) is 28.9 Å². The van der Waals surface area contributed by atoms with Gasteiger partial charge in [-0.3, -0.25) is 9.59 Å². The Bertz CT molecular complexity index is 835. The number of carbonyl (C=O) groups is 1. The summed E-state index contributed by atoms with van der Waals surface area (Å²) in [6.45, 7) is 7.17. The molecule has 128 valence electrons. The Labute approximate surface area is 154 Å². The van der Waals surface area contributed by atoms with Gasteiger partial charge in [-0.05, 0) is 26.0 Å². The summed E-state index contributed by atoms with van der Waals surface area (Å²) in [5.74, 6) is 0.426. The molecule has 0 amide bonds. The van der Waals surface area contributed by atoms with Gasteiger partial charge in [-0.1, -0.05) is 47.1 Å². The van der Waals surface area contributed by atoms with Crippen LogP contribution in [0.5, 0.6) is 0 Å². The van der Waals surface area contributed by atoms with E-state index in [0.717, 1.165) is 11.8 Å². The van der Waals surface area contributed by atoms with Crippen LogP contribution in [0.25, 0.3) is 11.1 Å². The molecule has 0 aliphatic rings. The molecule has 1 heterocycles. The molecule has 2 N–H and O–H groups in total. The van der Waals surface area contributed by atoms with Crippen LogP contribution in [0.2, 0.25) is 10.0 Å². The van der Waals surface area contributed by atoms with Crippen LogP contribution in [0, 0.1) is 0 Å². The van der Waals surface area contributed by atoms with Gasteiger partial charge in [0.15, 0.2) is 0 Å². The normalized spacial score (nSPS) is 11.0. The summed E-state index contributed by atoms with van der Waals surface area (Å²) in [6, 6.07) is 4.64. The molecule has 1 aromatic carbocycles. The molecule has 24 heavy (non-hydrogen) atoms. The first kappa shape index (κ1) is 18.7. The second kappa shape index (κ2) is 7.51. The highest BCUT2D eigenvalue weighted by Crippen LogP contribution is 2.36. The number of rotatable bonds is 4. The second-order valence-corrected chi connectivity index (χ2v) is 7.06. The van der Waals surface area contributed by atoms with Crippen LogP contribution in [0.15, 0.2) is 35.6 Å². The molecule has 0 saturated heterocycles. The molecule has 0 spiro atoms. The summed E-state index contributed by atoms with van der Waals surface area (Å²) in [7, 11) is 0. The highest BCUT2D eigenvalue weighted by molar-refractivity contribution is 8.13. The minimum absolute atomic E-state index is 0.0188. The molecular formula is C16H17Cl2N3O2S. The first-order valence-corrected chi connectivity index (χ1v) is 8.90. The molecule has 0 saturated carbocycles. The minimum Gasteiger partial charge on any atom is -0.383 e. The fraction of sp³-hybridized carbons (Fsp3) is 0.250. The zero-order valence-corrected chi connectivity index (χ0v) is 15.6. The summed E-state index contributed by atoms with van der Waals surface area (Å²) < 4.78 is 2.49. The number of hydrogen-bond donors (Lipinski definition) is 1. The van der Waals surface area contributed by atoms with Gasteiger partial charge in [0.05, 0.1) is 15.6 Å². The van der Waals surface area contributed by atoms with Crippen LogP contribution < -0.4 is 11.3 Å². The first-order valence-electron chi connectivity index (χ1n) is 7.16. The highest BCUT2D eigenvalue weighted by atomic mass is 35.5. The number of hydrogen-bond acceptors (Lipinski definition) is 4. The molecule has 5 nitrogen and oxygen atoms in total. The van der Waals surface area contributed by atoms with E-state index in [9.17, 15) is 9.59 Å². The number of thioether (sulfide) groups is 1. The van der Waals surface area contributed by atoms with E-state index in [1.165, 1.54) is 9.36 Å². The van der Waals surface area contributed by atoms with E-state index in [-0.39, 0.29) is 22.7 Å². The van der Waals surface area contributed by atoms with Gasteiger partial charge >= 0.3 is 5.24 Å². The largest absolute Gasteiger partial charge is 0.383 e. The Morgan fingerprint density at radius 3 is 2.42 bits per heavy atom. The van der Waals surface area contributed by atoms with Gasteiger partial charge in [0.25, 0.3) is 5.56 Å². The average molecular weight is 386 g/mol. The van der Waals surface area contributed by atoms with E-state index in [2.05, 4.69) is 6.58 Å². The summed E-state index contributed by atoms with van der Waals surface area (Å²) in [5, 5.41) is 0.226. The molecule has 2 aromatic rings. The molecule has 8 heteroatoms. The van der Waals surface area contributed by atoms with Gasteiger partial charge < -0.3 is 5.73 Å². The molecule has 1 aromatic heterocycles. The lowest BCUT2D eigenvalue weighted by Gasteiger charge is -2.13. The maximum atomic E-state index is 12.9. The predicted molar refractivity (Wildman–Crippen MR) is 102 cm³/mol. The Kier molecular flexibility index (Phi) is 5.85. The van der Waals surface area contributed by atoms with Gasteiger partial charge in [-0.15, -0.1) is 6.58 Å². The number of aromatic nitrogens is 2. The highest BCUT2D eigenvalue weighted by Gasteiger charge is 2.27. The van der Waals surface area contributed by atoms with Crippen molar-refractivity contribution >= 4 is 46.0 Å².